The molecule has 9 nitrogen and oxygen atoms in total. The first kappa shape index (κ1) is 29.6. The summed E-state index contributed by atoms with van der Waals surface area (Å²) in [6, 6.07) is 0. The van der Waals surface area contributed by atoms with Gasteiger partial charge < -0.3 is 61.9 Å². The van der Waals surface area contributed by atoms with Crippen molar-refractivity contribution in [3.63, 3.8) is 0 Å². The van der Waals surface area contributed by atoms with E-state index in [0.717, 1.165) is 0 Å². The summed E-state index contributed by atoms with van der Waals surface area (Å²) in [5, 5.41) is 0. The Morgan fingerprint density at radius 2 is 0.538 bits per heavy atom. The molecule has 0 saturated heterocycles. The average molecular weight is 519 g/mol. The molecular weight excluding hydrogens is 515 g/mol. The molecule has 85 valence electrons. The fraction of sp³-hybridized carbons (Fsp3) is 0. The summed E-state index contributed by atoms with van der Waals surface area (Å²) in [7, 11) is -11.2. The van der Waals surface area contributed by atoms with Crippen LogP contribution in [0.3, 0.4) is 0 Å². The Morgan fingerprint density at radius 3 is 0.538 bits per heavy atom. The summed E-state index contributed by atoms with van der Waals surface area (Å²) in [5.74, 6) is 0. The average Bonchev–Trinajstić information content (AvgIpc) is 1.12. The van der Waals surface area contributed by atoms with Crippen LogP contribution in [0.1, 0.15) is 0 Å². The number of hydrogen-bond donors (Lipinski definition) is 0. The molecular formula is H4CeLuO9Si2. The first-order valence-electron chi connectivity index (χ1n) is 1.63. The number of rotatable bonds is 0. The van der Waals surface area contributed by atoms with Crippen LogP contribution in [0.2, 0.25) is 0 Å². The van der Waals surface area contributed by atoms with E-state index in [1.165, 1.54) is 0 Å². The maximum absolute atomic E-state index is 8.58. The summed E-state index contributed by atoms with van der Waals surface area (Å²) in [5.41, 5.74) is 0. The minimum Gasteiger partial charge on any atom is -0.894 e. The van der Waals surface area contributed by atoms with Gasteiger partial charge in [-0.2, -0.15) is 0 Å². The molecule has 0 fully saturated rings. The van der Waals surface area contributed by atoms with E-state index in [1.54, 1.807) is 0 Å². The van der Waals surface area contributed by atoms with Crippen LogP contribution in [0.5, 0.6) is 0 Å². The molecule has 1 radical (unpaired) electrons. The molecule has 0 unspecified atom stereocenters. The molecule has 0 spiro atoms. The molecule has 0 bridgehead atoms. The van der Waals surface area contributed by atoms with Crippen molar-refractivity contribution in [2.24, 2.45) is 0 Å². The van der Waals surface area contributed by atoms with Gasteiger partial charge in [-0.25, -0.2) is 0 Å². The van der Waals surface area contributed by atoms with E-state index >= 15 is 0 Å². The van der Waals surface area contributed by atoms with Crippen molar-refractivity contribution in [1.82, 2.24) is 0 Å². The van der Waals surface area contributed by atoms with Crippen molar-refractivity contribution in [3.8, 4) is 0 Å². The Bertz CT molecular complexity index is 60.6. The van der Waals surface area contributed by atoms with Crippen molar-refractivity contribution in [2.45, 2.75) is 0 Å². The summed E-state index contributed by atoms with van der Waals surface area (Å²) in [4.78, 5) is 68.6. The molecule has 0 rings (SSSR count). The van der Waals surface area contributed by atoms with Crippen LogP contribution >= 0.6 is 0 Å². The first-order chi connectivity index (χ1) is 4.00. The molecule has 0 aliphatic carbocycles. The minimum atomic E-state index is -5.61. The Kier molecular flexibility index (Phi) is 29.1. The molecule has 0 aliphatic heterocycles. The number of hydrogen-bond acceptors (Lipinski definition) is 8. The smallest absolute Gasteiger partial charge is 0.894 e. The van der Waals surface area contributed by atoms with Crippen LogP contribution in [0.15, 0.2) is 0 Å². The minimum absolute atomic E-state index is 0. The van der Waals surface area contributed by atoms with E-state index in [4.69, 9.17) is 38.4 Å². The Balaban J connectivity index is -0.0000000267. The van der Waals surface area contributed by atoms with E-state index in [1.807, 2.05) is 0 Å². The van der Waals surface area contributed by atoms with Crippen LogP contribution < -0.4 is 38.4 Å². The maximum Gasteiger partial charge on any atom is 3.00 e. The van der Waals surface area contributed by atoms with Gasteiger partial charge in [-0.1, -0.05) is 0 Å². The van der Waals surface area contributed by atoms with Gasteiger partial charge in [0.15, 0.2) is 0 Å². The quantitative estimate of drug-likeness (QED) is 0.279. The van der Waals surface area contributed by atoms with Crippen LogP contribution in [0.25, 0.3) is 0 Å². The first-order valence-corrected chi connectivity index (χ1v) is 4.90. The van der Waals surface area contributed by atoms with Crippen molar-refractivity contribution in [2.75, 3.05) is 0 Å². The van der Waals surface area contributed by atoms with Gasteiger partial charge in [-0.15, -0.1) is 0 Å². The standard InChI is InChI=1S/Ce.Lu.2O4Si.H4O/c;;2*1-5(2,3)4;/h;;;;1H4/q2*+3;2*-4;+2. The molecule has 0 atom stereocenters. The second-order valence-corrected chi connectivity index (χ2v) is 3.00. The Morgan fingerprint density at radius 1 is 0.538 bits per heavy atom. The zero-order chi connectivity index (χ0) is 9.00. The second-order valence-electron chi connectivity index (χ2n) is 1.00. The fourth-order valence-electron chi connectivity index (χ4n) is 0. The topological polar surface area (TPSA) is 219 Å². The van der Waals surface area contributed by atoms with Gasteiger partial charge in [0.2, 0.25) is 0 Å². The fourth-order valence-corrected chi connectivity index (χ4v) is 0. The van der Waals surface area contributed by atoms with Crippen molar-refractivity contribution < 1.29 is 122 Å². The summed E-state index contributed by atoms with van der Waals surface area (Å²) < 4.78 is 0. The van der Waals surface area contributed by atoms with Crippen LogP contribution in [-0.4, -0.2) is 18.1 Å². The molecule has 13 heavy (non-hydrogen) atoms. The molecule has 0 saturated carbocycles. The SMILES string of the molecule is [Ce+3].[Lu+3].[O-][Si]([O-])([O-])[O-].[O-][Si]([O-])([O-])[O-].[OH4+2]. The summed E-state index contributed by atoms with van der Waals surface area (Å²) in [6.45, 7) is 0. The second kappa shape index (κ2) is 12.8. The van der Waals surface area contributed by atoms with E-state index in [9.17, 15) is 0 Å². The van der Waals surface area contributed by atoms with Gasteiger partial charge in [-0.05, 0) is 0 Å². The van der Waals surface area contributed by atoms with Crippen molar-refractivity contribution >= 4 is 18.1 Å². The van der Waals surface area contributed by atoms with Gasteiger partial charge in [0.05, 0.1) is 0 Å². The third kappa shape index (κ3) is 328. The van der Waals surface area contributed by atoms with Gasteiger partial charge in [0, 0.05) is 0 Å². The maximum atomic E-state index is 8.58. The van der Waals surface area contributed by atoms with E-state index in [0.29, 0.717) is 0 Å². The summed E-state index contributed by atoms with van der Waals surface area (Å²) >= 11 is 0. The van der Waals surface area contributed by atoms with Crippen LogP contribution in [-0.2, 0) is 5.48 Å². The monoisotopic (exact) mass is 519 g/mol. The zero-order valence-electron chi connectivity index (χ0n) is 5.73. The largest absolute Gasteiger partial charge is 3.00 e. The predicted molar refractivity (Wildman–Crippen MR) is 17.8 cm³/mol. The molecule has 13 heteroatoms. The third-order valence-electron chi connectivity index (χ3n) is 0. The summed E-state index contributed by atoms with van der Waals surface area (Å²) in [6.07, 6.45) is 0. The van der Waals surface area contributed by atoms with Crippen LogP contribution in [0, 0.1) is 78.6 Å². The molecule has 0 aromatic rings. The van der Waals surface area contributed by atoms with Gasteiger partial charge in [0.25, 0.3) is 0 Å². The van der Waals surface area contributed by atoms with Crippen LogP contribution in [0.4, 0.5) is 0 Å². The van der Waals surface area contributed by atoms with Crippen molar-refractivity contribution in [3.05, 3.63) is 0 Å². The van der Waals surface area contributed by atoms with E-state index in [2.05, 4.69) is 0 Å². The normalized spacial score (nSPS) is 9.23. The molecule has 0 aromatic carbocycles. The Hall–Kier alpha value is 2.68. The zero-order valence-corrected chi connectivity index (χ0v) is 12.5. The Labute approximate surface area is 138 Å². The predicted octanol–water partition coefficient (Wildman–Crippen LogP) is -11.5. The molecule has 0 heterocycles. The molecule has 0 aromatic heterocycles. The van der Waals surface area contributed by atoms with Crippen molar-refractivity contribution in [1.29, 1.82) is 0 Å². The van der Waals surface area contributed by atoms with E-state index < -0.39 is 18.1 Å². The van der Waals surface area contributed by atoms with Gasteiger partial charge in [0.1, 0.15) is 0 Å². The van der Waals surface area contributed by atoms with Gasteiger partial charge >= 0.3 is 78.6 Å². The van der Waals surface area contributed by atoms with E-state index in [-0.39, 0.29) is 84.1 Å². The molecule has 4 N–H and O–H groups in total. The van der Waals surface area contributed by atoms with Gasteiger partial charge in [-0.3, -0.25) is 0 Å². The molecule has 0 amide bonds. The third-order valence-corrected chi connectivity index (χ3v) is 0. The molecule has 0 aliphatic rings.